The van der Waals surface area contributed by atoms with Crippen molar-refractivity contribution >= 4 is 35.7 Å². The normalized spacial score (nSPS) is 16.4. The molecule has 168 valence electrons. The summed E-state index contributed by atoms with van der Waals surface area (Å²) in [5, 5.41) is 0. The molecule has 1 fully saturated rings. The average molecular weight is 444 g/mol. The Morgan fingerprint density at radius 2 is 1.00 bits per heavy atom. The van der Waals surface area contributed by atoms with Crippen molar-refractivity contribution in [3.63, 3.8) is 0 Å². The molecule has 1 aliphatic rings. The highest BCUT2D eigenvalue weighted by molar-refractivity contribution is 6.95. The molecule has 1 aliphatic heterocycles. The van der Waals surface area contributed by atoms with Gasteiger partial charge in [0, 0.05) is 0 Å². The first-order chi connectivity index (χ1) is 16.3. The van der Waals surface area contributed by atoms with Crippen LogP contribution in [0.3, 0.4) is 0 Å². The zero-order chi connectivity index (χ0) is 23.8. The molecular weight excluding hydrogens is 414 g/mol. The fraction of sp³-hybridized carbons (Fsp3) is 0.200. The summed E-state index contributed by atoms with van der Waals surface area (Å²) < 4.78 is 12.6. The van der Waals surface area contributed by atoms with E-state index in [1.54, 1.807) is 0 Å². The highest BCUT2D eigenvalue weighted by atomic mass is 16.7. The third-order valence-corrected chi connectivity index (χ3v) is 7.23. The molecule has 4 heteroatoms. The van der Waals surface area contributed by atoms with Crippen LogP contribution in [0.15, 0.2) is 109 Å². The molecule has 0 unspecified atom stereocenters. The summed E-state index contributed by atoms with van der Waals surface area (Å²) in [6, 6.07) is 38.9. The second kappa shape index (κ2) is 8.94. The second-order valence-corrected chi connectivity index (χ2v) is 10.1. The van der Waals surface area contributed by atoms with E-state index in [2.05, 4.69) is 137 Å². The van der Waals surface area contributed by atoms with Gasteiger partial charge in [0.25, 0.3) is 0 Å². The molecule has 1 heterocycles. The molecule has 0 radical (unpaired) electrons. The van der Waals surface area contributed by atoms with Crippen molar-refractivity contribution in [2.75, 3.05) is 0 Å². The Balaban J connectivity index is 1.52. The van der Waals surface area contributed by atoms with Crippen molar-refractivity contribution in [3.05, 3.63) is 109 Å². The van der Waals surface area contributed by atoms with E-state index >= 15 is 0 Å². The first kappa shape index (κ1) is 22.7. The zero-order valence-electron chi connectivity index (χ0n) is 20.4. The molecule has 5 rings (SSSR count). The maximum absolute atomic E-state index is 6.30. The molecule has 0 N–H and O–H groups in total. The van der Waals surface area contributed by atoms with Gasteiger partial charge in [-0.15, -0.1) is 0 Å². The minimum absolute atomic E-state index is 0.175. The van der Waals surface area contributed by atoms with Crippen molar-refractivity contribution in [1.29, 1.82) is 0 Å². The van der Waals surface area contributed by atoms with Gasteiger partial charge in [-0.2, -0.15) is 0 Å². The number of hydrogen-bond donors (Lipinski definition) is 0. The highest BCUT2D eigenvalue weighted by Crippen LogP contribution is 2.36. The smallest absolute Gasteiger partial charge is 0.399 e. The van der Waals surface area contributed by atoms with E-state index in [0.717, 1.165) is 11.0 Å². The number of hydrogen-bond acceptors (Lipinski definition) is 2. The summed E-state index contributed by atoms with van der Waals surface area (Å²) in [6.45, 7) is 8.54. The molecule has 0 bridgehead atoms. The van der Waals surface area contributed by atoms with E-state index in [4.69, 9.17) is 9.31 Å². The lowest BCUT2D eigenvalue weighted by molar-refractivity contribution is 0.00578. The van der Waals surface area contributed by atoms with Gasteiger partial charge in [-0.25, -0.2) is 0 Å². The third kappa shape index (κ3) is 4.36. The van der Waals surface area contributed by atoms with Gasteiger partial charge in [0.15, 0.2) is 0 Å². The average Bonchev–Trinajstić information content (AvgIpc) is 3.08. The molecule has 0 aliphatic carbocycles. The van der Waals surface area contributed by atoms with Gasteiger partial charge in [-0.3, -0.25) is 0 Å². The Morgan fingerprint density at radius 1 is 0.529 bits per heavy atom. The number of benzene rings is 4. The van der Waals surface area contributed by atoms with Gasteiger partial charge in [-0.05, 0) is 44.3 Å². The summed E-state index contributed by atoms with van der Waals surface area (Å²) in [7, 11) is -0.366. The molecule has 0 saturated carbocycles. The minimum Gasteiger partial charge on any atom is -0.399 e. The highest BCUT2D eigenvalue weighted by Gasteiger charge is 2.51. The van der Waals surface area contributed by atoms with E-state index in [1.807, 2.05) is 0 Å². The van der Waals surface area contributed by atoms with Crippen LogP contribution < -0.4 is 21.9 Å². The van der Waals surface area contributed by atoms with Gasteiger partial charge in [-0.1, -0.05) is 126 Å². The Kier molecular flexibility index (Phi) is 5.97. The summed E-state index contributed by atoms with van der Waals surface area (Å²) in [5.74, 6) is 0. The molecule has 2 nitrogen and oxygen atoms in total. The molecule has 1 saturated heterocycles. The van der Waals surface area contributed by atoms with Crippen molar-refractivity contribution in [2.45, 2.75) is 38.9 Å². The van der Waals surface area contributed by atoms with Crippen LogP contribution in [0.1, 0.15) is 27.7 Å². The first-order valence-corrected chi connectivity index (χ1v) is 12.0. The molecular formula is C30H30B2O2. The van der Waals surface area contributed by atoms with Gasteiger partial charge in [0.2, 0.25) is 6.71 Å². The Morgan fingerprint density at radius 3 is 1.56 bits per heavy atom. The lowest BCUT2D eigenvalue weighted by Gasteiger charge is -2.32. The maximum Gasteiger partial charge on any atom is 0.494 e. The van der Waals surface area contributed by atoms with Crippen LogP contribution in [-0.2, 0) is 9.31 Å². The van der Waals surface area contributed by atoms with Gasteiger partial charge < -0.3 is 9.31 Å². The summed E-state index contributed by atoms with van der Waals surface area (Å²) in [5.41, 5.74) is 6.54. The van der Waals surface area contributed by atoms with E-state index in [1.165, 1.54) is 22.0 Å². The van der Waals surface area contributed by atoms with Crippen molar-refractivity contribution in [1.82, 2.24) is 0 Å². The van der Waals surface area contributed by atoms with Crippen LogP contribution in [-0.4, -0.2) is 25.0 Å². The lowest BCUT2D eigenvalue weighted by Crippen LogP contribution is -2.51. The van der Waals surface area contributed by atoms with Crippen LogP contribution in [0.4, 0.5) is 0 Å². The van der Waals surface area contributed by atoms with Crippen molar-refractivity contribution in [2.24, 2.45) is 0 Å². The SMILES string of the molecule is CC1(C)OB(c2cccc(-c3cccc(B(c4ccccc4)c4ccccc4)c3)c2)OC1(C)C. The van der Waals surface area contributed by atoms with Crippen LogP contribution in [0, 0.1) is 0 Å². The van der Waals surface area contributed by atoms with E-state index in [9.17, 15) is 0 Å². The Labute approximate surface area is 204 Å². The van der Waals surface area contributed by atoms with Gasteiger partial charge in [0.05, 0.1) is 11.2 Å². The second-order valence-electron chi connectivity index (χ2n) is 10.1. The van der Waals surface area contributed by atoms with Crippen LogP contribution in [0.2, 0.25) is 0 Å². The maximum atomic E-state index is 6.30. The molecule has 0 atom stereocenters. The summed E-state index contributed by atoms with van der Waals surface area (Å²) in [6.07, 6.45) is 0. The van der Waals surface area contributed by atoms with Crippen molar-refractivity contribution < 1.29 is 9.31 Å². The fourth-order valence-electron chi connectivity index (χ4n) is 4.61. The predicted molar refractivity (Wildman–Crippen MR) is 145 cm³/mol. The van der Waals surface area contributed by atoms with Crippen LogP contribution >= 0.6 is 0 Å². The van der Waals surface area contributed by atoms with Crippen LogP contribution in [0.5, 0.6) is 0 Å². The monoisotopic (exact) mass is 444 g/mol. The van der Waals surface area contributed by atoms with E-state index in [0.29, 0.717) is 0 Å². The lowest BCUT2D eigenvalue weighted by atomic mass is 9.37. The third-order valence-electron chi connectivity index (χ3n) is 7.23. The molecule has 34 heavy (non-hydrogen) atoms. The first-order valence-electron chi connectivity index (χ1n) is 12.0. The molecule has 4 aromatic rings. The molecule has 0 amide bonds. The summed E-state index contributed by atoms with van der Waals surface area (Å²) >= 11 is 0. The summed E-state index contributed by atoms with van der Waals surface area (Å²) in [4.78, 5) is 0. The Bertz CT molecular complexity index is 1210. The van der Waals surface area contributed by atoms with Gasteiger partial charge in [0.1, 0.15) is 0 Å². The zero-order valence-corrected chi connectivity index (χ0v) is 20.4. The quantitative estimate of drug-likeness (QED) is 0.431. The van der Waals surface area contributed by atoms with Crippen molar-refractivity contribution in [3.8, 4) is 11.1 Å². The topological polar surface area (TPSA) is 18.5 Å². The largest absolute Gasteiger partial charge is 0.494 e. The predicted octanol–water partition coefficient (Wildman–Crippen LogP) is 4.17. The van der Waals surface area contributed by atoms with E-state index in [-0.39, 0.29) is 25.0 Å². The molecule has 0 aromatic heterocycles. The number of rotatable bonds is 5. The van der Waals surface area contributed by atoms with Crippen LogP contribution in [0.25, 0.3) is 11.1 Å². The molecule has 4 aromatic carbocycles. The fourth-order valence-corrected chi connectivity index (χ4v) is 4.61. The Hall–Kier alpha value is -3.07. The van der Waals surface area contributed by atoms with Gasteiger partial charge >= 0.3 is 7.12 Å². The molecule has 0 spiro atoms. The van der Waals surface area contributed by atoms with E-state index < -0.39 is 0 Å². The standard InChI is InChI=1S/C30H30B2O2/c1-29(2)30(3,4)34-32(33-29)28-20-12-14-24(22-28)23-13-11-19-27(21-23)31(25-15-7-5-8-16-25)26-17-9-6-10-18-26/h5-22H,1-4H3. The minimum atomic E-state index is -0.366.